The number of hydrogen-bond donors (Lipinski definition) is 0. The number of amides is 1. The maximum Gasteiger partial charge on any atom is 0.274 e. The van der Waals surface area contributed by atoms with E-state index < -0.39 is 0 Å². The zero-order valence-electron chi connectivity index (χ0n) is 15.5. The van der Waals surface area contributed by atoms with Crippen molar-refractivity contribution in [3.8, 4) is 5.19 Å². The van der Waals surface area contributed by atoms with Gasteiger partial charge in [-0.15, -0.1) is 0 Å². The van der Waals surface area contributed by atoms with Crippen molar-refractivity contribution in [3.05, 3.63) is 60.2 Å². The smallest absolute Gasteiger partial charge is 0.274 e. The van der Waals surface area contributed by atoms with Gasteiger partial charge >= 0.3 is 0 Å². The Morgan fingerprint density at radius 1 is 1.15 bits per heavy atom. The summed E-state index contributed by atoms with van der Waals surface area (Å²) in [5, 5.41) is 0.733. The molecule has 2 heterocycles. The highest BCUT2D eigenvalue weighted by Gasteiger charge is 2.29. The molecular weight excluding hydrogens is 356 g/mol. The Morgan fingerprint density at radius 2 is 1.85 bits per heavy atom. The van der Waals surface area contributed by atoms with E-state index in [1.54, 1.807) is 11.3 Å². The van der Waals surface area contributed by atoms with Gasteiger partial charge in [0.1, 0.15) is 6.10 Å². The molecule has 1 atom stereocenters. The van der Waals surface area contributed by atoms with Crippen LogP contribution in [0.4, 0.5) is 0 Å². The molecule has 1 fully saturated rings. The van der Waals surface area contributed by atoms with E-state index in [1.807, 2.05) is 41.3 Å². The van der Waals surface area contributed by atoms with Crippen molar-refractivity contribution in [2.75, 3.05) is 13.1 Å². The van der Waals surface area contributed by atoms with Gasteiger partial charge in [-0.05, 0) is 24.1 Å². The van der Waals surface area contributed by atoms with Crippen molar-refractivity contribution in [3.63, 3.8) is 0 Å². The van der Waals surface area contributed by atoms with Gasteiger partial charge in [0.25, 0.3) is 5.19 Å². The third-order valence-corrected chi connectivity index (χ3v) is 6.13. The summed E-state index contributed by atoms with van der Waals surface area (Å²) in [6.45, 7) is 3.58. The summed E-state index contributed by atoms with van der Waals surface area (Å²) in [6.07, 6.45) is 2.66. The quantitative estimate of drug-likeness (QED) is 0.635. The maximum atomic E-state index is 13.0. The Morgan fingerprint density at radius 3 is 2.56 bits per heavy atom. The Labute approximate surface area is 163 Å². The van der Waals surface area contributed by atoms with Gasteiger partial charge in [0.05, 0.1) is 16.1 Å². The maximum absolute atomic E-state index is 13.0. The molecule has 27 heavy (non-hydrogen) atoms. The number of piperidine rings is 1. The number of para-hydroxylation sites is 1. The van der Waals surface area contributed by atoms with Crippen LogP contribution in [-0.2, 0) is 4.79 Å². The summed E-state index contributed by atoms with van der Waals surface area (Å²) in [5.74, 6) is 0.190. The van der Waals surface area contributed by atoms with E-state index in [0.717, 1.165) is 53.3 Å². The van der Waals surface area contributed by atoms with Gasteiger partial charge in [-0.3, -0.25) is 4.79 Å². The van der Waals surface area contributed by atoms with E-state index in [0.29, 0.717) is 0 Å². The van der Waals surface area contributed by atoms with Gasteiger partial charge in [-0.25, -0.2) is 4.98 Å². The average Bonchev–Trinajstić information content (AvgIpc) is 3.12. The van der Waals surface area contributed by atoms with Gasteiger partial charge in [0.2, 0.25) is 5.91 Å². The van der Waals surface area contributed by atoms with Crippen LogP contribution in [0.3, 0.4) is 0 Å². The lowest BCUT2D eigenvalue weighted by Gasteiger charge is -2.33. The molecular formula is C22H24N2O2S. The van der Waals surface area contributed by atoms with Gasteiger partial charge in [0.15, 0.2) is 0 Å². The fourth-order valence-electron chi connectivity index (χ4n) is 3.70. The van der Waals surface area contributed by atoms with Crippen LogP contribution in [0.2, 0.25) is 0 Å². The highest BCUT2D eigenvalue weighted by molar-refractivity contribution is 7.20. The molecule has 0 N–H and O–H groups in total. The number of benzene rings is 2. The first-order valence-corrected chi connectivity index (χ1v) is 10.4. The van der Waals surface area contributed by atoms with E-state index in [9.17, 15) is 4.79 Å². The number of rotatable bonds is 5. The lowest BCUT2D eigenvalue weighted by Crippen LogP contribution is -2.43. The number of thiazole rings is 1. The lowest BCUT2D eigenvalue weighted by atomic mass is 9.94. The highest BCUT2D eigenvalue weighted by atomic mass is 32.1. The molecule has 0 spiro atoms. The Hall–Kier alpha value is -2.40. The molecule has 1 unspecified atom stereocenters. The second kappa shape index (κ2) is 8.09. The second-order valence-electron chi connectivity index (χ2n) is 6.96. The Kier molecular flexibility index (Phi) is 5.39. The molecule has 1 aromatic heterocycles. The van der Waals surface area contributed by atoms with Crippen molar-refractivity contribution in [2.45, 2.75) is 38.2 Å². The number of ether oxygens (including phenoxy) is 1. The zero-order chi connectivity index (χ0) is 18.6. The molecule has 4 nitrogen and oxygen atoms in total. The largest absolute Gasteiger partial charge is 0.467 e. The van der Waals surface area contributed by atoms with Gasteiger partial charge in [-0.1, -0.05) is 60.7 Å². The van der Waals surface area contributed by atoms with Crippen LogP contribution >= 0.6 is 11.3 Å². The number of hydrogen-bond acceptors (Lipinski definition) is 4. The minimum atomic E-state index is -0.0482. The van der Waals surface area contributed by atoms with E-state index in [1.165, 1.54) is 0 Å². The van der Waals surface area contributed by atoms with Crippen molar-refractivity contribution in [1.82, 2.24) is 9.88 Å². The van der Waals surface area contributed by atoms with Crippen LogP contribution in [0.15, 0.2) is 54.6 Å². The van der Waals surface area contributed by atoms with Crippen molar-refractivity contribution >= 4 is 27.5 Å². The first-order chi connectivity index (χ1) is 13.2. The van der Waals surface area contributed by atoms with Crippen molar-refractivity contribution < 1.29 is 9.53 Å². The van der Waals surface area contributed by atoms with E-state index in [-0.39, 0.29) is 17.9 Å². The summed E-state index contributed by atoms with van der Waals surface area (Å²) < 4.78 is 7.26. The number of likely N-dealkylation sites (tertiary alicyclic amines) is 1. The summed E-state index contributed by atoms with van der Waals surface area (Å²) in [4.78, 5) is 19.5. The Balaban J connectivity index is 1.36. The molecule has 1 amide bonds. The fraction of sp³-hybridized carbons (Fsp3) is 0.364. The third kappa shape index (κ3) is 3.98. The predicted octanol–water partition coefficient (Wildman–Crippen LogP) is 4.86. The van der Waals surface area contributed by atoms with Crippen LogP contribution in [0.1, 0.15) is 37.7 Å². The average molecular weight is 381 g/mol. The summed E-state index contributed by atoms with van der Waals surface area (Å²) in [7, 11) is 0. The third-order valence-electron chi connectivity index (χ3n) is 5.20. The van der Waals surface area contributed by atoms with E-state index in [4.69, 9.17) is 4.74 Å². The topological polar surface area (TPSA) is 42.4 Å². The first kappa shape index (κ1) is 18.0. The Bertz CT molecular complexity index is 868. The molecule has 140 valence electrons. The number of aromatic nitrogens is 1. The predicted molar refractivity (Wildman–Crippen MR) is 109 cm³/mol. The van der Waals surface area contributed by atoms with E-state index in [2.05, 4.69) is 30.1 Å². The van der Waals surface area contributed by atoms with Crippen molar-refractivity contribution in [2.24, 2.45) is 0 Å². The second-order valence-corrected chi connectivity index (χ2v) is 7.95. The monoisotopic (exact) mass is 380 g/mol. The molecule has 0 radical (unpaired) electrons. The van der Waals surface area contributed by atoms with Crippen LogP contribution < -0.4 is 4.74 Å². The van der Waals surface area contributed by atoms with Crippen LogP contribution in [0.5, 0.6) is 5.19 Å². The molecule has 4 rings (SSSR count). The lowest BCUT2D eigenvalue weighted by molar-refractivity contribution is -0.134. The summed E-state index contributed by atoms with van der Waals surface area (Å²) in [6, 6.07) is 18.2. The minimum absolute atomic E-state index is 0.0482. The van der Waals surface area contributed by atoms with Crippen LogP contribution in [0.25, 0.3) is 10.2 Å². The highest BCUT2D eigenvalue weighted by Crippen LogP contribution is 2.30. The van der Waals surface area contributed by atoms with Gasteiger partial charge in [-0.2, -0.15) is 0 Å². The van der Waals surface area contributed by atoms with Gasteiger partial charge < -0.3 is 9.64 Å². The molecule has 1 aliphatic heterocycles. The molecule has 5 heteroatoms. The first-order valence-electron chi connectivity index (χ1n) is 9.60. The SMILES string of the molecule is CCC(C(=O)N1CCC(Oc2nc3ccccc3s2)CC1)c1ccccc1. The number of carbonyl (C=O) groups excluding carboxylic acids is 1. The van der Waals surface area contributed by atoms with Crippen LogP contribution in [0, 0.1) is 0 Å². The fourth-order valence-corrected chi connectivity index (χ4v) is 4.58. The molecule has 0 aliphatic carbocycles. The minimum Gasteiger partial charge on any atom is -0.467 e. The van der Waals surface area contributed by atoms with Crippen LogP contribution in [-0.4, -0.2) is 35.0 Å². The van der Waals surface area contributed by atoms with Crippen molar-refractivity contribution in [1.29, 1.82) is 0 Å². The normalized spacial score (nSPS) is 16.4. The molecule has 1 saturated heterocycles. The van der Waals surface area contributed by atoms with E-state index >= 15 is 0 Å². The number of fused-ring (bicyclic) bond motifs is 1. The van der Waals surface area contributed by atoms with Gasteiger partial charge in [0, 0.05) is 25.9 Å². The molecule has 1 aliphatic rings. The molecule has 2 aromatic carbocycles. The summed E-state index contributed by atoms with van der Waals surface area (Å²) in [5.41, 5.74) is 2.09. The summed E-state index contributed by atoms with van der Waals surface area (Å²) >= 11 is 1.59. The standard InChI is InChI=1S/C22H24N2O2S/c1-2-18(16-8-4-3-5-9-16)21(25)24-14-12-17(13-15-24)26-22-23-19-10-6-7-11-20(19)27-22/h3-11,17-18H,2,12-15H2,1H3. The molecule has 0 bridgehead atoms. The molecule has 0 saturated carbocycles. The molecule has 3 aromatic rings. The number of nitrogens with zero attached hydrogens (tertiary/aromatic N) is 2. The zero-order valence-corrected chi connectivity index (χ0v) is 16.3. The number of carbonyl (C=O) groups is 1.